The number of rotatable bonds is 4. The van der Waals surface area contributed by atoms with Gasteiger partial charge < -0.3 is 5.11 Å². The first-order valence-electron chi connectivity index (χ1n) is 8.31. The van der Waals surface area contributed by atoms with Crippen molar-refractivity contribution in [3.63, 3.8) is 0 Å². The molecule has 1 heterocycles. The number of fused-ring (bicyclic) bond motifs is 1. The first-order chi connectivity index (χ1) is 12.2. The van der Waals surface area contributed by atoms with Crippen molar-refractivity contribution in [2.75, 3.05) is 6.26 Å². The molecule has 4 nitrogen and oxygen atoms in total. The Bertz CT molecular complexity index is 1090. The molecule has 6 heteroatoms. The minimum Gasteiger partial charge on any atom is -0.507 e. The highest BCUT2D eigenvalue weighted by atomic mass is 32.2. The van der Waals surface area contributed by atoms with Crippen LogP contribution in [-0.2, 0) is 22.7 Å². The molecule has 0 saturated heterocycles. The van der Waals surface area contributed by atoms with E-state index < -0.39 is 15.7 Å². The van der Waals surface area contributed by atoms with Crippen molar-refractivity contribution in [3.05, 3.63) is 64.6 Å². The fraction of sp³-hybridized carbons (Fsp3) is 0.250. The molecule has 0 saturated carbocycles. The maximum atomic E-state index is 14.1. The molecule has 1 N–H and O–H groups in total. The Morgan fingerprint density at radius 2 is 1.77 bits per heavy atom. The van der Waals surface area contributed by atoms with Crippen molar-refractivity contribution in [2.45, 2.75) is 31.6 Å². The Morgan fingerprint density at radius 1 is 1.12 bits per heavy atom. The lowest BCUT2D eigenvalue weighted by Crippen LogP contribution is -2.04. The van der Waals surface area contributed by atoms with Gasteiger partial charge in [-0.25, -0.2) is 17.8 Å². The molecule has 0 aliphatic carbocycles. The first-order valence-corrected chi connectivity index (χ1v) is 10.2. The van der Waals surface area contributed by atoms with Crippen LogP contribution in [0.4, 0.5) is 4.39 Å². The van der Waals surface area contributed by atoms with Crippen LogP contribution in [0.1, 0.15) is 29.3 Å². The number of halogens is 1. The number of nitrogens with zero attached hydrogens (tertiary/aromatic N) is 1. The average molecular weight is 373 g/mol. The second-order valence-electron chi connectivity index (χ2n) is 6.40. The number of aryl methyl sites for hydroxylation is 2. The molecule has 0 radical (unpaired) electrons. The molecule has 0 spiro atoms. The van der Waals surface area contributed by atoms with Gasteiger partial charge in [0, 0.05) is 17.3 Å². The maximum Gasteiger partial charge on any atom is 0.175 e. The molecule has 3 rings (SSSR count). The van der Waals surface area contributed by atoms with Gasteiger partial charge in [0.2, 0.25) is 0 Å². The minimum atomic E-state index is -3.24. The number of sulfone groups is 1. The molecule has 1 aromatic heterocycles. The molecule has 0 atom stereocenters. The SMILES string of the molecule is CCc1nc2c(F)ccc(O)c2c(C)c1Cc1ccc(S(C)(=O)=O)cc1. The van der Waals surface area contributed by atoms with Gasteiger partial charge in [0.25, 0.3) is 0 Å². The van der Waals surface area contributed by atoms with E-state index in [-0.39, 0.29) is 16.2 Å². The largest absolute Gasteiger partial charge is 0.507 e. The molecule has 26 heavy (non-hydrogen) atoms. The predicted molar refractivity (Wildman–Crippen MR) is 99.8 cm³/mol. The predicted octanol–water partition coefficient (Wildman–Crippen LogP) is 3.94. The molecular formula is C20H20FNO3S. The van der Waals surface area contributed by atoms with Crippen LogP contribution in [0.5, 0.6) is 5.75 Å². The van der Waals surface area contributed by atoms with E-state index in [1.165, 1.54) is 18.4 Å². The van der Waals surface area contributed by atoms with Gasteiger partial charge in [-0.2, -0.15) is 0 Å². The van der Waals surface area contributed by atoms with E-state index in [4.69, 9.17) is 0 Å². The van der Waals surface area contributed by atoms with Crippen LogP contribution in [0, 0.1) is 12.7 Å². The summed E-state index contributed by atoms with van der Waals surface area (Å²) in [6, 6.07) is 9.25. The van der Waals surface area contributed by atoms with Gasteiger partial charge in [-0.3, -0.25) is 0 Å². The number of aromatic nitrogens is 1. The molecule has 136 valence electrons. The third-order valence-corrected chi connectivity index (χ3v) is 5.73. The van der Waals surface area contributed by atoms with Gasteiger partial charge in [-0.1, -0.05) is 19.1 Å². The van der Waals surface area contributed by atoms with Crippen molar-refractivity contribution in [1.29, 1.82) is 0 Å². The van der Waals surface area contributed by atoms with Gasteiger partial charge in [0.15, 0.2) is 9.84 Å². The van der Waals surface area contributed by atoms with Crippen molar-refractivity contribution >= 4 is 20.7 Å². The lowest BCUT2D eigenvalue weighted by Gasteiger charge is -2.15. The minimum absolute atomic E-state index is 0.00253. The molecule has 0 fully saturated rings. The summed E-state index contributed by atoms with van der Waals surface area (Å²) in [6.45, 7) is 3.80. The third kappa shape index (κ3) is 3.29. The fourth-order valence-corrected chi connectivity index (χ4v) is 3.82. The maximum absolute atomic E-state index is 14.1. The Morgan fingerprint density at radius 3 is 2.35 bits per heavy atom. The molecule has 0 aliphatic heterocycles. The zero-order valence-corrected chi connectivity index (χ0v) is 15.7. The topological polar surface area (TPSA) is 67.3 Å². The highest BCUT2D eigenvalue weighted by molar-refractivity contribution is 7.90. The van der Waals surface area contributed by atoms with Crippen molar-refractivity contribution in [1.82, 2.24) is 4.98 Å². The second-order valence-corrected chi connectivity index (χ2v) is 8.41. The summed E-state index contributed by atoms with van der Waals surface area (Å²) in [7, 11) is -3.24. The molecule has 0 aliphatic rings. The molecule has 0 amide bonds. The number of hydrogen-bond donors (Lipinski definition) is 1. The highest BCUT2D eigenvalue weighted by Crippen LogP contribution is 2.33. The highest BCUT2D eigenvalue weighted by Gasteiger charge is 2.17. The summed E-state index contributed by atoms with van der Waals surface area (Å²) in [5.41, 5.74) is 3.58. The van der Waals surface area contributed by atoms with Crippen molar-refractivity contribution < 1.29 is 17.9 Å². The molecule has 0 bridgehead atoms. The van der Waals surface area contributed by atoms with E-state index in [9.17, 15) is 17.9 Å². The quantitative estimate of drug-likeness (QED) is 0.752. The standard InChI is InChI=1S/C20H20FNO3S/c1-4-17-15(11-13-5-7-14(8-6-13)26(3,24)25)12(2)19-18(23)10-9-16(21)20(19)22-17/h5-10,23H,4,11H2,1-3H3. The van der Waals surface area contributed by atoms with Gasteiger partial charge >= 0.3 is 0 Å². The number of phenolic OH excluding ortho intramolecular Hbond substituents is 1. The number of phenols is 1. The Hall–Kier alpha value is -2.47. The van der Waals surface area contributed by atoms with Gasteiger partial charge in [-0.15, -0.1) is 0 Å². The van der Waals surface area contributed by atoms with Crippen LogP contribution in [0.25, 0.3) is 10.9 Å². The first kappa shape index (κ1) is 18.3. The van der Waals surface area contributed by atoms with E-state index in [0.29, 0.717) is 18.2 Å². The van der Waals surface area contributed by atoms with Crippen LogP contribution < -0.4 is 0 Å². The summed E-state index contributed by atoms with van der Waals surface area (Å²) in [6.07, 6.45) is 2.33. The summed E-state index contributed by atoms with van der Waals surface area (Å²) in [5.74, 6) is -0.456. The monoisotopic (exact) mass is 373 g/mol. The van der Waals surface area contributed by atoms with E-state index in [1.54, 1.807) is 24.3 Å². The Balaban J connectivity index is 2.13. The fourth-order valence-electron chi connectivity index (χ4n) is 3.19. The van der Waals surface area contributed by atoms with Crippen molar-refractivity contribution in [3.8, 4) is 5.75 Å². The number of benzene rings is 2. The van der Waals surface area contributed by atoms with Crippen LogP contribution in [0.3, 0.4) is 0 Å². The van der Waals surface area contributed by atoms with Crippen molar-refractivity contribution in [2.24, 2.45) is 0 Å². The second kappa shape index (κ2) is 6.68. The summed E-state index contributed by atoms with van der Waals surface area (Å²) < 4.78 is 37.3. The smallest absolute Gasteiger partial charge is 0.175 e. The Kier molecular flexibility index (Phi) is 4.71. The molecule has 2 aromatic carbocycles. The zero-order valence-electron chi connectivity index (χ0n) is 14.9. The van der Waals surface area contributed by atoms with Crippen LogP contribution in [0.15, 0.2) is 41.3 Å². The van der Waals surface area contributed by atoms with Gasteiger partial charge in [-0.05, 0) is 60.7 Å². The summed E-state index contributed by atoms with van der Waals surface area (Å²) in [4.78, 5) is 4.71. The summed E-state index contributed by atoms with van der Waals surface area (Å²) >= 11 is 0. The normalized spacial score (nSPS) is 11.8. The Labute approximate surface area is 152 Å². The van der Waals surface area contributed by atoms with E-state index in [0.717, 1.165) is 22.4 Å². The lowest BCUT2D eigenvalue weighted by molar-refractivity contribution is 0.479. The lowest BCUT2D eigenvalue weighted by atomic mass is 9.94. The van der Waals surface area contributed by atoms with E-state index in [2.05, 4.69) is 4.98 Å². The molecule has 3 aromatic rings. The zero-order chi connectivity index (χ0) is 19.1. The van der Waals surface area contributed by atoms with E-state index in [1.807, 2.05) is 13.8 Å². The van der Waals surface area contributed by atoms with Crippen LogP contribution in [0.2, 0.25) is 0 Å². The van der Waals surface area contributed by atoms with Gasteiger partial charge in [0.1, 0.15) is 17.1 Å². The number of pyridine rings is 1. The number of aromatic hydroxyl groups is 1. The third-order valence-electron chi connectivity index (χ3n) is 4.60. The number of hydrogen-bond acceptors (Lipinski definition) is 4. The van der Waals surface area contributed by atoms with Crippen LogP contribution >= 0.6 is 0 Å². The van der Waals surface area contributed by atoms with Gasteiger partial charge in [0.05, 0.1) is 4.90 Å². The van der Waals surface area contributed by atoms with Crippen LogP contribution in [-0.4, -0.2) is 24.8 Å². The average Bonchev–Trinajstić information content (AvgIpc) is 2.59. The molecular weight excluding hydrogens is 353 g/mol. The molecule has 0 unspecified atom stereocenters. The van der Waals surface area contributed by atoms with E-state index >= 15 is 0 Å². The summed E-state index contributed by atoms with van der Waals surface area (Å²) in [5, 5.41) is 10.6.